The van der Waals surface area contributed by atoms with Gasteiger partial charge in [-0.15, -0.1) is 5.10 Å². The summed E-state index contributed by atoms with van der Waals surface area (Å²) in [6, 6.07) is 8.25. The van der Waals surface area contributed by atoms with Crippen molar-refractivity contribution in [1.29, 1.82) is 0 Å². The van der Waals surface area contributed by atoms with Crippen LogP contribution in [0.5, 0.6) is 5.75 Å². The van der Waals surface area contributed by atoms with Gasteiger partial charge in [0.2, 0.25) is 0 Å². The van der Waals surface area contributed by atoms with Crippen molar-refractivity contribution >= 4 is 0 Å². The number of nitrogens with one attached hydrogen (secondary N) is 1. The van der Waals surface area contributed by atoms with E-state index in [0.29, 0.717) is 0 Å². The first-order chi connectivity index (χ1) is 9.88. The first kappa shape index (κ1) is 14.5. The number of hydrogen-bond donors (Lipinski definition) is 1. The van der Waals surface area contributed by atoms with Crippen molar-refractivity contribution in [2.75, 3.05) is 13.2 Å². The average Bonchev–Trinajstić information content (AvgIpc) is 2.98. The van der Waals surface area contributed by atoms with E-state index < -0.39 is 0 Å². The summed E-state index contributed by atoms with van der Waals surface area (Å²) in [5.41, 5.74) is 1.25. The summed E-state index contributed by atoms with van der Waals surface area (Å²) >= 11 is 0. The lowest BCUT2D eigenvalue weighted by Crippen LogP contribution is -2.16. The van der Waals surface area contributed by atoms with Gasteiger partial charge in [-0.05, 0) is 37.1 Å². The number of nitrogens with zero attached hydrogens (tertiary/aromatic N) is 3. The Bertz CT molecular complexity index is 484. The number of ether oxygens (including phenoxy) is 1. The Hall–Kier alpha value is -1.88. The second-order valence-electron chi connectivity index (χ2n) is 4.69. The summed E-state index contributed by atoms with van der Waals surface area (Å²) in [5.74, 6) is 0.953. The molecule has 0 amide bonds. The fourth-order valence-electron chi connectivity index (χ4n) is 1.92. The Morgan fingerprint density at radius 3 is 3.10 bits per heavy atom. The third-order valence-electron chi connectivity index (χ3n) is 2.91. The van der Waals surface area contributed by atoms with Crippen LogP contribution in [-0.4, -0.2) is 28.1 Å². The van der Waals surface area contributed by atoms with Crippen molar-refractivity contribution in [3.63, 3.8) is 0 Å². The highest BCUT2D eigenvalue weighted by atomic mass is 16.5. The van der Waals surface area contributed by atoms with Gasteiger partial charge in [-0.3, -0.25) is 4.68 Å². The van der Waals surface area contributed by atoms with E-state index in [2.05, 4.69) is 34.7 Å². The summed E-state index contributed by atoms with van der Waals surface area (Å²) in [6.07, 6.45) is 5.66. The molecule has 0 aliphatic rings. The standard InChI is InChI=1S/C15H22N4O/c1-2-11-20-15-6-3-5-14(12-15)13-16-7-4-9-19-10-8-17-18-19/h3,5-6,8,10,12,16H,2,4,7,9,11,13H2,1H3. The second kappa shape index (κ2) is 8.32. The highest BCUT2D eigenvalue weighted by Crippen LogP contribution is 2.13. The average molecular weight is 274 g/mol. The van der Waals surface area contributed by atoms with Gasteiger partial charge in [0.05, 0.1) is 12.8 Å². The quantitative estimate of drug-likeness (QED) is 0.713. The molecule has 5 nitrogen and oxygen atoms in total. The molecule has 108 valence electrons. The van der Waals surface area contributed by atoms with E-state index in [0.717, 1.165) is 44.8 Å². The van der Waals surface area contributed by atoms with Crippen LogP contribution in [0.25, 0.3) is 0 Å². The third-order valence-corrected chi connectivity index (χ3v) is 2.91. The van der Waals surface area contributed by atoms with Gasteiger partial charge in [0.25, 0.3) is 0 Å². The molecule has 0 fully saturated rings. The fraction of sp³-hybridized carbons (Fsp3) is 0.467. The van der Waals surface area contributed by atoms with Gasteiger partial charge in [-0.25, -0.2) is 0 Å². The zero-order valence-corrected chi connectivity index (χ0v) is 12.0. The van der Waals surface area contributed by atoms with Crippen LogP contribution in [0.3, 0.4) is 0 Å². The highest BCUT2D eigenvalue weighted by molar-refractivity contribution is 5.28. The Labute approximate surface area is 120 Å². The van der Waals surface area contributed by atoms with Gasteiger partial charge < -0.3 is 10.1 Å². The van der Waals surface area contributed by atoms with E-state index in [4.69, 9.17) is 4.74 Å². The number of rotatable bonds is 9. The number of benzene rings is 1. The van der Waals surface area contributed by atoms with Crippen LogP contribution in [0.2, 0.25) is 0 Å². The Morgan fingerprint density at radius 1 is 1.35 bits per heavy atom. The van der Waals surface area contributed by atoms with E-state index in [-0.39, 0.29) is 0 Å². The molecule has 1 aromatic heterocycles. The van der Waals surface area contributed by atoms with Gasteiger partial charge in [-0.1, -0.05) is 24.3 Å². The van der Waals surface area contributed by atoms with Crippen LogP contribution in [0.15, 0.2) is 36.7 Å². The highest BCUT2D eigenvalue weighted by Gasteiger charge is 1.97. The molecule has 1 heterocycles. The van der Waals surface area contributed by atoms with Crippen LogP contribution in [0.1, 0.15) is 25.3 Å². The van der Waals surface area contributed by atoms with Crippen molar-refractivity contribution in [2.24, 2.45) is 0 Å². The summed E-state index contributed by atoms with van der Waals surface area (Å²) in [7, 11) is 0. The Morgan fingerprint density at radius 2 is 2.30 bits per heavy atom. The smallest absolute Gasteiger partial charge is 0.119 e. The van der Waals surface area contributed by atoms with E-state index >= 15 is 0 Å². The van der Waals surface area contributed by atoms with Crippen molar-refractivity contribution < 1.29 is 4.74 Å². The van der Waals surface area contributed by atoms with Gasteiger partial charge in [0, 0.05) is 19.3 Å². The molecule has 0 radical (unpaired) electrons. The van der Waals surface area contributed by atoms with Crippen molar-refractivity contribution in [1.82, 2.24) is 20.3 Å². The monoisotopic (exact) mass is 274 g/mol. The minimum absolute atomic E-state index is 0.773. The third kappa shape index (κ3) is 5.01. The van der Waals surface area contributed by atoms with Gasteiger partial charge in [0.1, 0.15) is 5.75 Å². The largest absolute Gasteiger partial charge is 0.494 e. The predicted molar refractivity (Wildman–Crippen MR) is 78.6 cm³/mol. The van der Waals surface area contributed by atoms with Crippen molar-refractivity contribution in [3.05, 3.63) is 42.2 Å². The van der Waals surface area contributed by atoms with E-state index in [1.165, 1.54) is 5.56 Å². The molecular formula is C15H22N4O. The van der Waals surface area contributed by atoms with Crippen molar-refractivity contribution in [2.45, 2.75) is 32.9 Å². The summed E-state index contributed by atoms with van der Waals surface area (Å²) in [5, 5.41) is 11.1. The molecule has 1 aromatic carbocycles. The molecule has 0 saturated heterocycles. The SMILES string of the molecule is CCCOc1cccc(CNCCCn2ccnn2)c1. The zero-order chi connectivity index (χ0) is 14.0. The molecule has 0 unspecified atom stereocenters. The number of hydrogen-bond acceptors (Lipinski definition) is 4. The van der Waals surface area contributed by atoms with Crippen molar-refractivity contribution in [3.8, 4) is 5.75 Å². The fourth-order valence-corrected chi connectivity index (χ4v) is 1.92. The minimum Gasteiger partial charge on any atom is -0.494 e. The van der Waals surface area contributed by atoms with E-state index in [1.54, 1.807) is 6.20 Å². The van der Waals surface area contributed by atoms with Gasteiger partial charge in [0.15, 0.2) is 0 Å². The molecule has 0 atom stereocenters. The number of aromatic nitrogens is 3. The first-order valence-electron chi connectivity index (χ1n) is 7.15. The molecule has 20 heavy (non-hydrogen) atoms. The Balaban J connectivity index is 1.65. The topological polar surface area (TPSA) is 52.0 Å². The predicted octanol–water partition coefficient (Wildman–Crippen LogP) is 2.25. The van der Waals surface area contributed by atoms with Crippen LogP contribution in [0, 0.1) is 0 Å². The molecule has 2 rings (SSSR count). The molecule has 0 aliphatic carbocycles. The molecule has 2 aromatic rings. The normalized spacial score (nSPS) is 10.7. The summed E-state index contributed by atoms with van der Waals surface area (Å²) in [6.45, 7) is 5.60. The molecule has 1 N–H and O–H groups in total. The molecule has 5 heteroatoms. The maximum Gasteiger partial charge on any atom is 0.119 e. The Kier molecular flexibility index (Phi) is 6.05. The lowest BCUT2D eigenvalue weighted by Gasteiger charge is -2.08. The molecule has 0 saturated carbocycles. The zero-order valence-electron chi connectivity index (χ0n) is 12.0. The van der Waals surface area contributed by atoms with Gasteiger partial charge in [-0.2, -0.15) is 0 Å². The second-order valence-corrected chi connectivity index (χ2v) is 4.69. The van der Waals surface area contributed by atoms with Crippen LogP contribution in [-0.2, 0) is 13.1 Å². The van der Waals surface area contributed by atoms with Gasteiger partial charge >= 0.3 is 0 Å². The first-order valence-corrected chi connectivity index (χ1v) is 7.15. The maximum atomic E-state index is 5.63. The van der Waals surface area contributed by atoms with Crippen LogP contribution in [0.4, 0.5) is 0 Å². The summed E-state index contributed by atoms with van der Waals surface area (Å²) < 4.78 is 7.47. The van der Waals surface area contributed by atoms with E-state index in [1.807, 2.05) is 23.0 Å². The summed E-state index contributed by atoms with van der Waals surface area (Å²) in [4.78, 5) is 0. The van der Waals surface area contributed by atoms with Crippen LogP contribution < -0.4 is 10.1 Å². The van der Waals surface area contributed by atoms with Crippen LogP contribution >= 0.6 is 0 Å². The molecule has 0 spiro atoms. The maximum absolute atomic E-state index is 5.63. The molecule has 0 aliphatic heterocycles. The lowest BCUT2D eigenvalue weighted by atomic mass is 10.2. The van der Waals surface area contributed by atoms with E-state index in [9.17, 15) is 0 Å². The molecular weight excluding hydrogens is 252 g/mol. The lowest BCUT2D eigenvalue weighted by molar-refractivity contribution is 0.317. The molecule has 0 bridgehead atoms. The number of aryl methyl sites for hydroxylation is 1. The minimum atomic E-state index is 0.773.